The maximum absolute atomic E-state index is 13.5. The third-order valence-corrected chi connectivity index (χ3v) is 2.63. The highest BCUT2D eigenvalue weighted by Gasteiger charge is 2.13. The summed E-state index contributed by atoms with van der Waals surface area (Å²) in [5.74, 6) is -0.642. The molecule has 0 spiro atoms. The van der Waals surface area contributed by atoms with Gasteiger partial charge in [-0.25, -0.2) is 9.37 Å². The Morgan fingerprint density at radius 1 is 1.56 bits per heavy atom. The van der Waals surface area contributed by atoms with Gasteiger partial charge < -0.3 is 20.8 Å². The second kappa shape index (κ2) is 4.52. The zero-order valence-electron chi connectivity index (χ0n) is 9.81. The van der Waals surface area contributed by atoms with Gasteiger partial charge in [-0.05, 0) is 0 Å². The lowest BCUT2D eigenvalue weighted by Gasteiger charge is -2.06. The van der Waals surface area contributed by atoms with Crippen LogP contribution in [-0.2, 0) is 11.3 Å². The highest BCUT2D eigenvalue weighted by Crippen LogP contribution is 2.26. The van der Waals surface area contributed by atoms with Crippen LogP contribution in [0.4, 0.5) is 10.3 Å². The zero-order valence-corrected chi connectivity index (χ0v) is 9.81. The number of carbonyl (C=O) groups excluding carboxylic acids is 1. The number of hydrogen-bond acceptors (Lipinski definition) is 4. The molecule has 0 unspecified atom stereocenters. The average Bonchev–Trinajstić information content (AvgIpc) is 2.60. The molecule has 4 N–H and O–H groups in total. The Kier molecular flexibility index (Phi) is 3.05. The van der Waals surface area contributed by atoms with Crippen molar-refractivity contribution in [3.05, 3.63) is 17.9 Å². The quantitative estimate of drug-likeness (QED) is 0.834. The highest BCUT2D eigenvalue weighted by molar-refractivity contribution is 5.80. The van der Waals surface area contributed by atoms with Crippen molar-refractivity contribution in [2.75, 3.05) is 12.8 Å². The molecule has 0 aliphatic heterocycles. The maximum atomic E-state index is 13.5. The number of amides is 1. The monoisotopic (exact) mass is 252 g/mol. The molecule has 6 nitrogen and oxygen atoms in total. The first kappa shape index (κ1) is 12.2. The van der Waals surface area contributed by atoms with Crippen molar-refractivity contribution < 1.29 is 13.9 Å². The van der Waals surface area contributed by atoms with E-state index in [-0.39, 0.29) is 18.1 Å². The van der Waals surface area contributed by atoms with E-state index in [1.807, 2.05) is 0 Å². The molecule has 1 amide bonds. The van der Waals surface area contributed by atoms with Crippen molar-refractivity contribution >= 4 is 22.9 Å². The zero-order chi connectivity index (χ0) is 13.3. The van der Waals surface area contributed by atoms with E-state index < -0.39 is 11.7 Å². The lowest BCUT2D eigenvalue weighted by Crippen LogP contribution is -2.14. The second-order valence-corrected chi connectivity index (χ2v) is 3.81. The number of anilines is 1. The van der Waals surface area contributed by atoms with Crippen LogP contribution in [0, 0.1) is 5.82 Å². The minimum absolute atomic E-state index is 0.0997. The van der Waals surface area contributed by atoms with Crippen LogP contribution in [-0.4, -0.2) is 22.6 Å². The minimum Gasteiger partial charge on any atom is -0.494 e. The maximum Gasteiger partial charge on any atom is 0.219 e. The van der Waals surface area contributed by atoms with Crippen molar-refractivity contribution in [1.29, 1.82) is 0 Å². The summed E-state index contributed by atoms with van der Waals surface area (Å²) in [5.41, 5.74) is 11.8. The molecule has 1 heterocycles. The lowest BCUT2D eigenvalue weighted by atomic mass is 10.2. The predicted molar refractivity (Wildman–Crippen MR) is 64.5 cm³/mol. The predicted octanol–water partition coefficient (Wildman–Crippen LogP) is 0.642. The normalized spacial score (nSPS) is 10.8. The number of nitrogen functional groups attached to an aromatic ring is 1. The van der Waals surface area contributed by atoms with Crippen LogP contribution in [0.5, 0.6) is 5.75 Å². The number of halogens is 1. The summed E-state index contributed by atoms with van der Waals surface area (Å²) in [7, 11) is 1.37. The van der Waals surface area contributed by atoms with Crippen LogP contribution >= 0.6 is 0 Å². The van der Waals surface area contributed by atoms with E-state index in [0.717, 1.165) is 0 Å². The number of benzene rings is 1. The summed E-state index contributed by atoms with van der Waals surface area (Å²) in [5, 5.41) is 0. The summed E-state index contributed by atoms with van der Waals surface area (Å²) < 4.78 is 20.0. The van der Waals surface area contributed by atoms with Gasteiger partial charge in [0.15, 0.2) is 11.6 Å². The molecule has 2 rings (SSSR count). The number of methoxy groups -OCH3 is 1. The van der Waals surface area contributed by atoms with Crippen LogP contribution < -0.4 is 16.2 Å². The molecule has 0 saturated carbocycles. The fourth-order valence-corrected chi connectivity index (χ4v) is 1.76. The Morgan fingerprint density at radius 2 is 2.28 bits per heavy atom. The summed E-state index contributed by atoms with van der Waals surface area (Å²) in [6.07, 6.45) is 0.134. The number of nitrogens with zero attached hydrogens (tertiary/aromatic N) is 2. The third kappa shape index (κ3) is 2.06. The molecule has 96 valence electrons. The molecule has 0 aliphatic rings. The van der Waals surface area contributed by atoms with Crippen LogP contribution in [0.1, 0.15) is 6.42 Å². The number of nitrogens with two attached hydrogens (primary N) is 2. The number of carbonyl (C=O) groups is 1. The van der Waals surface area contributed by atoms with E-state index in [4.69, 9.17) is 16.2 Å². The number of aromatic nitrogens is 2. The van der Waals surface area contributed by atoms with Gasteiger partial charge in [-0.15, -0.1) is 0 Å². The topological polar surface area (TPSA) is 96.2 Å². The smallest absolute Gasteiger partial charge is 0.219 e. The molecule has 0 atom stereocenters. The van der Waals surface area contributed by atoms with Gasteiger partial charge in [0, 0.05) is 25.1 Å². The molecule has 1 aromatic heterocycles. The van der Waals surface area contributed by atoms with Crippen molar-refractivity contribution in [2.45, 2.75) is 13.0 Å². The van der Waals surface area contributed by atoms with E-state index in [2.05, 4.69) is 4.98 Å². The first-order chi connectivity index (χ1) is 8.52. The number of ether oxygens (including phenoxy) is 1. The molecular formula is C11H13FN4O2. The Bertz CT molecular complexity index is 609. The minimum atomic E-state index is -0.510. The first-order valence-electron chi connectivity index (χ1n) is 5.30. The number of imidazole rings is 1. The Morgan fingerprint density at radius 3 is 2.89 bits per heavy atom. The number of primary amides is 1. The van der Waals surface area contributed by atoms with Crippen LogP contribution in [0.25, 0.3) is 11.0 Å². The highest BCUT2D eigenvalue weighted by atomic mass is 19.1. The number of fused-ring (bicyclic) bond motifs is 1. The Balaban J connectivity index is 2.51. The summed E-state index contributed by atoms with van der Waals surface area (Å²) in [6, 6.07) is 2.74. The van der Waals surface area contributed by atoms with E-state index >= 15 is 0 Å². The third-order valence-electron chi connectivity index (χ3n) is 2.63. The first-order valence-corrected chi connectivity index (χ1v) is 5.30. The van der Waals surface area contributed by atoms with E-state index in [1.165, 1.54) is 19.2 Å². The largest absolute Gasteiger partial charge is 0.494 e. The van der Waals surface area contributed by atoms with Crippen molar-refractivity contribution in [2.24, 2.45) is 5.73 Å². The molecule has 2 aromatic rings. The molecule has 0 saturated heterocycles. The molecule has 0 radical (unpaired) electrons. The van der Waals surface area contributed by atoms with Crippen LogP contribution in [0.15, 0.2) is 12.1 Å². The lowest BCUT2D eigenvalue weighted by molar-refractivity contribution is -0.118. The summed E-state index contributed by atoms with van der Waals surface area (Å²) in [4.78, 5) is 14.8. The Labute approximate surface area is 102 Å². The summed E-state index contributed by atoms with van der Waals surface area (Å²) >= 11 is 0. The van der Waals surface area contributed by atoms with Crippen LogP contribution in [0.2, 0.25) is 0 Å². The fraction of sp³-hybridized carbons (Fsp3) is 0.273. The molecule has 1 aromatic carbocycles. The second-order valence-electron chi connectivity index (χ2n) is 3.81. The molecule has 0 aliphatic carbocycles. The average molecular weight is 252 g/mol. The number of aryl methyl sites for hydroxylation is 1. The van der Waals surface area contributed by atoms with Gasteiger partial charge in [-0.1, -0.05) is 0 Å². The fourth-order valence-electron chi connectivity index (χ4n) is 1.76. The van der Waals surface area contributed by atoms with Gasteiger partial charge >= 0.3 is 0 Å². The van der Waals surface area contributed by atoms with Gasteiger partial charge in [0.1, 0.15) is 0 Å². The molecule has 7 heteroatoms. The standard InChI is InChI=1S/C11H13FN4O2/c1-18-9-5-8-7(4-6(9)12)15-11(14)16(8)3-2-10(13)17/h4-5H,2-3H2,1H3,(H2,13,17)(H2,14,15). The molecule has 0 bridgehead atoms. The van der Waals surface area contributed by atoms with Crippen molar-refractivity contribution in [3.8, 4) is 5.75 Å². The van der Waals surface area contributed by atoms with E-state index in [9.17, 15) is 9.18 Å². The Hall–Kier alpha value is -2.31. The number of rotatable bonds is 4. The van der Waals surface area contributed by atoms with Gasteiger partial charge in [-0.3, -0.25) is 4.79 Å². The SMILES string of the molecule is COc1cc2c(cc1F)nc(N)n2CCC(N)=O. The van der Waals surface area contributed by atoms with E-state index in [1.54, 1.807) is 4.57 Å². The number of hydrogen-bond donors (Lipinski definition) is 2. The van der Waals surface area contributed by atoms with Crippen LogP contribution in [0.3, 0.4) is 0 Å². The van der Waals surface area contributed by atoms with Crippen molar-refractivity contribution in [3.63, 3.8) is 0 Å². The molecular weight excluding hydrogens is 239 g/mol. The molecule has 0 fully saturated rings. The van der Waals surface area contributed by atoms with Gasteiger partial charge in [0.05, 0.1) is 18.1 Å². The van der Waals surface area contributed by atoms with Crippen molar-refractivity contribution in [1.82, 2.24) is 9.55 Å². The van der Waals surface area contributed by atoms with Gasteiger partial charge in [0.2, 0.25) is 11.9 Å². The summed E-state index contributed by atoms with van der Waals surface area (Å²) in [6.45, 7) is 0.298. The van der Waals surface area contributed by atoms with Gasteiger partial charge in [0.25, 0.3) is 0 Å². The van der Waals surface area contributed by atoms with Gasteiger partial charge in [-0.2, -0.15) is 0 Å². The molecule has 18 heavy (non-hydrogen) atoms. The van der Waals surface area contributed by atoms with E-state index in [0.29, 0.717) is 17.6 Å².